The van der Waals surface area contributed by atoms with Crippen LogP contribution in [0.2, 0.25) is 0 Å². The molecule has 2 N–H and O–H groups in total. The number of rotatable bonds is 3. The van der Waals surface area contributed by atoms with Gasteiger partial charge in [-0.3, -0.25) is 4.98 Å². The summed E-state index contributed by atoms with van der Waals surface area (Å²) in [6.07, 6.45) is 1.73. The van der Waals surface area contributed by atoms with Crippen molar-refractivity contribution in [2.24, 2.45) is 0 Å². The van der Waals surface area contributed by atoms with Crippen LogP contribution >= 0.6 is 22.6 Å². The molecule has 4 nitrogen and oxygen atoms in total. The normalized spacial score (nSPS) is 10.5. The fraction of sp³-hybridized carbons (Fsp3) is 0. The van der Waals surface area contributed by atoms with E-state index in [9.17, 15) is 4.79 Å². The number of carbonyl (C=O) groups is 1. The number of hydrogen-bond donors (Lipinski definition) is 2. The van der Waals surface area contributed by atoms with Crippen LogP contribution in [0.1, 0.15) is 10.4 Å². The van der Waals surface area contributed by atoms with Crippen molar-refractivity contribution in [2.45, 2.75) is 0 Å². The van der Waals surface area contributed by atoms with E-state index in [0.717, 1.165) is 25.8 Å². The molecule has 0 unspecified atom stereocenters. The van der Waals surface area contributed by atoms with Crippen LogP contribution in [0, 0.1) is 3.57 Å². The summed E-state index contributed by atoms with van der Waals surface area (Å²) in [6, 6.07) is 14.6. The Bertz CT molecular complexity index is 833. The van der Waals surface area contributed by atoms with Crippen molar-refractivity contribution in [3.05, 3.63) is 63.9 Å². The maximum absolute atomic E-state index is 11.0. The summed E-state index contributed by atoms with van der Waals surface area (Å²) in [5.74, 6) is -0.937. The summed E-state index contributed by atoms with van der Waals surface area (Å²) in [5, 5.41) is 13.3. The van der Waals surface area contributed by atoms with Crippen LogP contribution in [-0.4, -0.2) is 16.1 Å². The van der Waals surface area contributed by atoms with E-state index in [1.165, 1.54) is 0 Å². The molecule has 104 valence electrons. The highest BCUT2D eigenvalue weighted by molar-refractivity contribution is 14.1. The summed E-state index contributed by atoms with van der Waals surface area (Å²) < 4.78 is 1.12. The van der Waals surface area contributed by atoms with Crippen LogP contribution in [0.15, 0.2) is 54.7 Å². The second kappa shape index (κ2) is 5.69. The zero-order chi connectivity index (χ0) is 14.8. The van der Waals surface area contributed by atoms with Gasteiger partial charge in [-0.1, -0.05) is 6.07 Å². The highest BCUT2D eigenvalue weighted by Crippen LogP contribution is 2.26. The molecule has 0 atom stereocenters. The predicted molar refractivity (Wildman–Crippen MR) is 91.1 cm³/mol. The summed E-state index contributed by atoms with van der Waals surface area (Å²) in [7, 11) is 0. The molecule has 0 fully saturated rings. The lowest BCUT2D eigenvalue weighted by Crippen LogP contribution is -1.98. The first-order valence-corrected chi connectivity index (χ1v) is 7.36. The molecule has 0 saturated carbocycles. The number of aromatic nitrogens is 1. The first kappa shape index (κ1) is 13.8. The topological polar surface area (TPSA) is 62.2 Å². The van der Waals surface area contributed by atoms with Gasteiger partial charge in [-0.25, -0.2) is 4.79 Å². The van der Waals surface area contributed by atoms with E-state index < -0.39 is 5.97 Å². The van der Waals surface area contributed by atoms with Gasteiger partial charge in [0.25, 0.3) is 0 Å². The molecule has 1 aromatic heterocycles. The number of pyridine rings is 1. The number of benzene rings is 2. The van der Waals surface area contributed by atoms with Crippen LogP contribution < -0.4 is 5.32 Å². The number of carboxylic acids is 1. The average Bonchev–Trinajstić information content (AvgIpc) is 2.48. The van der Waals surface area contributed by atoms with Crippen molar-refractivity contribution in [3.8, 4) is 0 Å². The maximum atomic E-state index is 11.0. The Labute approximate surface area is 135 Å². The third-order valence-corrected chi connectivity index (χ3v) is 3.76. The van der Waals surface area contributed by atoms with Crippen LogP contribution in [0.3, 0.4) is 0 Å². The lowest BCUT2D eigenvalue weighted by atomic mass is 10.1. The van der Waals surface area contributed by atoms with Gasteiger partial charge in [-0.2, -0.15) is 0 Å². The fourth-order valence-electron chi connectivity index (χ4n) is 2.11. The first-order valence-electron chi connectivity index (χ1n) is 6.28. The molecule has 21 heavy (non-hydrogen) atoms. The minimum Gasteiger partial charge on any atom is -0.478 e. The number of aromatic carboxylic acids is 1. The fourth-order valence-corrected chi connectivity index (χ4v) is 2.60. The summed E-state index contributed by atoms with van der Waals surface area (Å²) in [5.41, 5.74) is 2.80. The molecule has 0 bridgehead atoms. The van der Waals surface area contributed by atoms with E-state index in [0.29, 0.717) is 0 Å². The van der Waals surface area contributed by atoms with Gasteiger partial charge >= 0.3 is 5.97 Å². The van der Waals surface area contributed by atoms with Crippen molar-refractivity contribution in [1.29, 1.82) is 0 Å². The Kier molecular flexibility index (Phi) is 3.74. The summed E-state index contributed by atoms with van der Waals surface area (Å²) in [6.45, 7) is 0. The lowest BCUT2D eigenvalue weighted by Gasteiger charge is -2.10. The number of anilines is 2. The molecule has 0 aliphatic heterocycles. The molecule has 0 amide bonds. The van der Waals surface area contributed by atoms with Crippen LogP contribution in [-0.2, 0) is 0 Å². The molecule has 5 heteroatoms. The minimum atomic E-state index is -0.937. The third kappa shape index (κ3) is 2.97. The molecule has 0 saturated heterocycles. The van der Waals surface area contributed by atoms with Crippen molar-refractivity contribution >= 4 is 50.8 Å². The lowest BCUT2D eigenvalue weighted by molar-refractivity contribution is 0.0697. The molecule has 0 aliphatic rings. The number of nitrogens with zero attached hydrogens (tertiary/aromatic N) is 1. The molecule has 0 aliphatic carbocycles. The summed E-state index contributed by atoms with van der Waals surface area (Å²) >= 11 is 2.26. The van der Waals surface area contributed by atoms with Crippen LogP contribution in [0.25, 0.3) is 10.9 Å². The summed E-state index contributed by atoms with van der Waals surface area (Å²) in [4.78, 5) is 15.4. The first-order chi connectivity index (χ1) is 10.1. The predicted octanol–water partition coefficient (Wildman–Crippen LogP) is 4.28. The largest absolute Gasteiger partial charge is 0.478 e. The Morgan fingerprint density at radius 1 is 1.14 bits per heavy atom. The van der Waals surface area contributed by atoms with Gasteiger partial charge in [-0.05, 0) is 65.1 Å². The van der Waals surface area contributed by atoms with Crippen molar-refractivity contribution in [3.63, 3.8) is 0 Å². The van der Waals surface area contributed by atoms with Gasteiger partial charge in [-0.15, -0.1) is 0 Å². The number of nitrogens with one attached hydrogen (secondary N) is 1. The van der Waals surface area contributed by atoms with E-state index in [-0.39, 0.29) is 5.56 Å². The molecular formula is C16H11IN2O2. The zero-order valence-electron chi connectivity index (χ0n) is 10.9. The maximum Gasteiger partial charge on any atom is 0.335 e. The average molecular weight is 390 g/mol. The van der Waals surface area contributed by atoms with Gasteiger partial charge in [0.2, 0.25) is 0 Å². The van der Waals surface area contributed by atoms with E-state index in [2.05, 4.69) is 32.9 Å². The molecule has 3 rings (SSSR count). The van der Waals surface area contributed by atoms with Crippen molar-refractivity contribution in [2.75, 3.05) is 5.32 Å². The SMILES string of the molecule is O=C(O)c1cccc(Nc2ccnc3ccc(I)cc23)c1. The van der Waals surface area contributed by atoms with Crippen LogP contribution in [0.5, 0.6) is 0 Å². The van der Waals surface area contributed by atoms with E-state index in [1.54, 1.807) is 24.4 Å². The van der Waals surface area contributed by atoms with Crippen LogP contribution in [0.4, 0.5) is 11.4 Å². The zero-order valence-corrected chi connectivity index (χ0v) is 13.0. The van der Waals surface area contributed by atoms with Gasteiger partial charge in [0.15, 0.2) is 0 Å². The van der Waals surface area contributed by atoms with E-state index in [1.807, 2.05) is 30.3 Å². The molecule has 2 aromatic carbocycles. The second-order valence-electron chi connectivity index (χ2n) is 4.53. The molecule has 3 aromatic rings. The number of carboxylic acid groups (broad SMARTS) is 1. The quantitative estimate of drug-likeness (QED) is 0.656. The molecule has 0 spiro atoms. The number of hydrogen-bond acceptors (Lipinski definition) is 3. The van der Waals surface area contributed by atoms with Crippen molar-refractivity contribution in [1.82, 2.24) is 4.98 Å². The number of fused-ring (bicyclic) bond motifs is 1. The standard InChI is InChI=1S/C16H11IN2O2/c17-11-4-5-14-13(9-11)15(6-7-18-14)19-12-3-1-2-10(8-12)16(20)21/h1-9H,(H,18,19)(H,20,21). The molecular weight excluding hydrogens is 379 g/mol. The molecule has 1 heterocycles. The number of halogens is 1. The highest BCUT2D eigenvalue weighted by Gasteiger charge is 2.06. The highest BCUT2D eigenvalue weighted by atomic mass is 127. The monoisotopic (exact) mass is 390 g/mol. The Morgan fingerprint density at radius 3 is 2.81 bits per heavy atom. The van der Waals surface area contributed by atoms with Gasteiger partial charge in [0.05, 0.1) is 11.1 Å². The van der Waals surface area contributed by atoms with Gasteiger partial charge in [0, 0.05) is 26.5 Å². The third-order valence-electron chi connectivity index (χ3n) is 3.09. The minimum absolute atomic E-state index is 0.257. The Morgan fingerprint density at radius 2 is 2.00 bits per heavy atom. The van der Waals surface area contributed by atoms with Gasteiger partial charge < -0.3 is 10.4 Å². The Balaban J connectivity index is 2.04. The Hall–Kier alpha value is -2.15. The van der Waals surface area contributed by atoms with E-state index in [4.69, 9.17) is 5.11 Å². The smallest absolute Gasteiger partial charge is 0.335 e. The van der Waals surface area contributed by atoms with Crippen molar-refractivity contribution < 1.29 is 9.90 Å². The van der Waals surface area contributed by atoms with E-state index >= 15 is 0 Å². The molecule has 0 radical (unpaired) electrons. The second-order valence-corrected chi connectivity index (χ2v) is 5.78. The van der Waals surface area contributed by atoms with Gasteiger partial charge in [0.1, 0.15) is 0 Å².